The number of ether oxygens (including phenoxy) is 2. The summed E-state index contributed by atoms with van der Waals surface area (Å²) in [4.78, 5) is 25.4. The van der Waals surface area contributed by atoms with Crippen LogP contribution in [0.5, 0.6) is 5.75 Å². The van der Waals surface area contributed by atoms with Crippen molar-refractivity contribution in [1.29, 1.82) is 0 Å². The van der Waals surface area contributed by atoms with Crippen LogP contribution in [-0.2, 0) is 22.7 Å². The number of allylic oxidation sites excluding steroid dienone is 1. The normalized spacial score (nSPS) is 10.7. The van der Waals surface area contributed by atoms with Crippen molar-refractivity contribution in [2.75, 3.05) is 18.2 Å². The van der Waals surface area contributed by atoms with E-state index in [4.69, 9.17) is 21.1 Å². The molecule has 0 radical (unpaired) electrons. The number of carbonyl (C=O) groups is 2. The molecule has 2 aromatic heterocycles. The molecule has 12 heteroatoms. The molecule has 0 spiro atoms. The fourth-order valence-electron chi connectivity index (χ4n) is 3.46. The number of thiophene rings is 1. The lowest BCUT2D eigenvalue weighted by molar-refractivity contribution is -0.113. The van der Waals surface area contributed by atoms with Gasteiger partial charge in [-0.2, -0.15) is 0 Å². The van der Waals surface area contributed by atoms with E-state index in [-0.39, 0.29) is 23.3 Å². The van der Waals surface area contributed by atoms with Crippen molar-refractivity contribution in [1.82, 2.24) is 14.8 Å². The second kappa shape index (κ2) is 12.7. The van der Waals surface area contributed by atoms with Crippen LogP contribution in [0.2, 0.25) is 5.02 Å². The highest BCUT2D eigenvalue weighted by atomic mass is 35.5. The van der Waals surface area contributed by atoms with Crippen LogP contribution in [0, 0.1) is 5.82 Å². The van der Waals surface area contributed by atoms with Crippen molar-refractivity contribution in [2.45, 2.75) is 18.3 Å². The molecule has 8 nitrogen and oxygen atoms in total. The zero-order valence-electron chi connectivity index (χ0n) is 20.1. The second-order valence-corrected chi connectivity index (χ2v) is 9.94. The summed E-state index contributed by atoms with van der Waals surface area (Å²) < 4.78 is 25.7. The van der Waals surface area contributed by atoms with Gasteiger partial charge in [0, 0.05) is 17.5 Å². The van der Waals surface area contributed by atoms with Gasteiger partial charge in [-0.25, -0.2) is 9.18 Å². The molecule has 0 unspecified atom stereocenters. The first-order valence-corrected chi connectivity index (χ1v) is 13.4. The van der Waals surface area contributed by atoms with Gasteiger partial charge in [-0.1, -0.05) is 59.8 Å². The number of hydrogen-bond donors (Lipinski definition) is 1. The highest BCUT2D eigenvalue weighted by Crippen LogP contribution is 2.36. The Morgan fingerprint density at radius 2 is 2.03 bits per heavy atom. The largest absolute Gasteiger partial charge is 0.484 e. The Balaban J connectivity index is 1.44. The quantitative estimate of drug-likeness (QED) is 0.132. The standard InChI is InChI=1S/C26H22ClFN4O4S2/c1-3-11-32-21(13-36-20-10-9-17(28)12-19(20)27)30-31-26(32)38-15-22(33)29-24-23(25(34)35-2)18(14-37-24)16-7-5-4-6-8-16/h3-10,12,14H,1,11,13,15H2,2H3,(H,29,33). The summed E-state index contributed by atoms with van der Waals surface area (Å²) in [5, 5.41) is 14.0. The molecular weight excluding hydrogens is 551 g/mol. The molecule has 0 aliphatic carbocycles. The second-order valence-electron chi connectivity index (χ2n) is 7.71. The maximum atomic E-state index is 13.3. The van der Waals surface area contributed by atoms with Crippen LogP contribution in [0.25, 0.3) is 11.1 Å². The zero-order chi connectivity index (χ0) is 27.1. The molecule has 2 aromatic carbocycles. The van der Waals surface area contributed by atoms with Crippen molar-refractivity contribution in [3.8, 4) is 16.9 Å². The maximum Gasteiger partial charge on any atom is 0.341 e. The Hall–Kier alpha value is -3.67. The zero-order valence-corrected chi connectivity index (χ0v) is 22.5. The first-order chi connectivity index (χ1) is 18.4. The summed E-state index contributed by atoms with van der Waals surface area (Å²) in [6.07, 6.45) is 1.67. The van der Waals surface area contributed by atoms with E-state index in [9.17, 15) is 14.0 Å². The fraction of sp³-hybridized carbons (Fsp3) is 0.154. The third kappa shape index (κ3) is 6.42. The summed E-state index contributed by atoms with van der Waals surface area (Å²) in [5.74, 6) is -0.532. The van der Waals surface area contributed by atoms with Crippen LogP contribution in [-0.4, -0.2) is 39.5 Å². The number of nitrogens with zero attached hydrogens (tertiary/aromatic N) is 3. The molecule has 0 atom stereocenters. The van der Waals surface area contributed by atoms with E-state index in [2.05, 4.69) is 22.1 Å². The molecule has 0 bridgehead atoms. The van der Waals surface area contributed by atoms with Gasteiger partial charge >= 0.3 is 5.97 Å². The number of aromatic nitrogens is 3. The number of esters is 1. The van der Waals surface area contributed by atoms with E-state index in [1.54, 1.807) is 10.6 Å². The average molecular weight is 573 g/mol. The number of amides is 1. The molecule has 1 N–H and O–H groups in total. The minimum Gasteiger partial charge on any atom is -0.484 e. The third-order valence-corrected chi connectivity index (χ3v) is 7.36. The first kappa shape index (κ1) is 27.4. The highest BCUT2D eigenvalue weighted by Gasteiger charge is 2.23. The monoisotopic (exact) mass is 572 g/mol. The van der Waals surface area contributed by atoms with Crippen molar-refractivity contribution >= 4 is 51.6 Å². The van der Waals surface area contributed by atoms with E-state index in [0.29, 0.717) is 39.4 Å². The number of methoxy groups -OCH3 is 1. The van der Waals surface area contributed by atoms with Gasteiger partial charge in [-0.05, 0) is 23.8 Å². The summed E-state index contributed by atoms with van der Waals surface area (Å²) in [5.41, 5.74) is 1.83. The van der Waals surface area contributed by atoms with Crippen molar-refractivity contribution in [3.63, 3.8) is 0 Å². The number of rotatable bonds is 11. The smallest absolute Gasteiger partial charge is 0.341 e. The number of carbonyl (C=O) groups excluding carboxylic acids is 2. The molecule has 0 aliphatic heterocycles. The summed E-state index contributed by atoms with van der Waals surface area (Å²) in [7, 11) is 1.30. The lowest BCUT2D eigenvalue weighted by atomic mass is 10.0. The molecule has 1 amide bonds. The summed E-state index contributed by atoms with van der Waals surface area (Å²) in [6, 6.07) is 13.2. The van der Waals surface area contributed by atoms with E-state index in [0.717, 1.165) is 11.6 Å². The van der Waals surface area contributed by atoms with Crippen LogP contribution in [0.15, 0.2) is 71.7 Å². The average Bonchev–Trinajstić information content (AvgIpc) is 3.51. The van der Waals surface area contributed by atoms with Crippen molar-refractivity contribution in [2.24, 2.45) is 0 Å². The van der Waals surface area contributed by atoms with Crippen LogP contribution >= 0.6 is 34.7 Å². The van der Waals surface area contributed by atoms with Gasteiger partial charge in [0.1, 0.15) is 28.7 Å². The number of thioether (sulfide) groups is 1. The predicted molar refractivity (Wildman–Crippen MR) is 146 cm³/mol. The van der Waals surface area contributed by atoms with E-state index < -0.39 is 11.8 Å². The van der Waals surface area contributed by atoms with Crippen LogP contribution in [0.1, 0.15) is 16.2 Å². The van der Waals surface area contributed by atoms with Gasteiger partial charge in [-0.15, -0.1) is 28.1 Å². The highest BCUT2D eigenvalue weighted by molar-refractivity contribution is 7.99. The van der Waals surface area contributed by atoms with Gasteiger partial charge in [0.25, 0.3) is 0 Å². The Bertz CT molecular complexity index is 1460. The Morgan fingerprint density at radius 3 is 2.74 bits per heavy atom. The molecule has 0 saturated heterocycles. The molecule has 2 heterocycles. The lowest BCUT2D eigenvalue weighted by Gasteiger charge is -2.10. The number of anilines is 1. The van der Waals surface area contributed by atoms with Gasteiger partial charge in [0.05, 0.1) is 17.9 Å². The SMILES string of the molecule is C=CCn1c(COc2ccc(F)cc2Cl)nnc1SCC(=O)Nc1scc(-c2ccccc2)c1C(=O)OC. The lowest BCUT2D eigenvalue weighted by Crippen LogP contribution is -2.16. The number of nitrogens with one attached hydrogen (secondary N) is 1. The van der Waals surface area contributed by atoms with E-state index in [1.165, 1.54) is 42.3 Å². The molecule has 4 rings (SSSR count). The van der Waals surface area contributed by atoms with Crippen LogP contribution in [0.3, 0.4) is 0 Å². The van der Waals surface area contributed by atoms with Gasteiger partial charge in [0.2, 0.25) is 5.91 Å². The van der Waals surface area contributed by atoms with Crippen molar-refractivity contribution in [3.05, 3.63) is 88.8 Å². The minimum absolute atomic E-state index is 0.0130. The Morgan fingerprint density at radius 1 is 1.24 bits per heavy atom. The molecule has 0 aliphatic rings. The van der Waals surface area contributed by atoms with Crippen molar-refractivity contribution < 1.29 is 23.5 Å². The predicted octanol–water partition coefficient (Wildman–Crippen LogP) is 6.08. The molecule has 4 aromatic rings. The first-order valence-electron chi connectivity index (χ1n) is 11.2. The third-order valence-electron chi connectivity index (χ3n) is 5.21. The van der Waals surface area contributed by atoms with Gasteiger partial charge in [-0.3, -0.25) is 9.36 Å². The number of hydrogen-bond acceptors (Lipinski definition) is 8. The van der Waals surface area contributed by atoms with Gasteiger partial charge < -0.3 is 14.8 Å². The summed E-state index contributed by atoms with van der Waals surface area (Å²) in [6.45, 7) is 4.17. The fourth-order valence-corrected chi connectivity index (χ4v) is 5.42. The molecular formula is C26H22ClFN4O4S2. The molecule has 0 saturated carbocycles. The van der Waals surface area contributed by atoms with Gasteiger partial charge in [0.15, 0.2) is 11.0 Å². The molecule has 38 heavy (non-hydrogen) atoms. The summed E-state index contributed by atoms with van der Waals surface area (Å²) >= 11 is 8.45. The topological polar surface area (TPSA) is 95.3 Å². The number of benzene rings is 2. The van der Waals surface area contributed by atoms with Crippen LogP contribution in [0.4, 0.5) is 9.39 Å². The van der Waals surface area contributed by atoms with Crippen LogP contribution < -0.4 is 10.1 Å². The Labute approximate surface area is 231 Å². The van der Waals surface area contributed by atoms with E-state index in [1.807, 2.05) is 35.7 Å². The minimum atomic E-state index is -0.537. The Kier molecular flexibility index (Phi) is 9.16. The maximum absolute atomic E-state index is 13.3. The molecule has 196 valence electrons. The van der Waals surface area contributed by atoms with E-state index >= 15 is 0 Å². The number of halogens is 2. The molecule has 0 fully saturated rings.